The number of nitrogens with zero attached hydrogens (tertiary/aromatic N) is 2. The van der Waals surface area contributed by atoms with Gasteiger partial charge >= 0.3 is 0 Å². The molecule has 0 saturated carbocycles. The van der Waals surface area contributed by atoms with E-state index in [-0.39, 0.29) is 6.54 Å². The van der Waals surface area contributed by atoms with E-state index in [9.17, 15) is 0 Å². The van der Waals surface area contributed by atoms with Crippen molar-refractivity contribution in [2.75, 3.05) is 7.11 Å². The topological polar surface area (TPSA) is 74.2 Å². The molecule has 0 aliphatic heterocycles. The summed E-state index contributed by atoms with van der Waals surface area (Å²) < 4.78 is 10.4. The van der Waals surface area contributed by atoms with E-state index in [1.54, 1.807) is 7.11 Å². The number of rotatable bonds is 4. The van der Waals surface area contributed by atoms with Crippen molar-refractivity contribution >= 4 is 0 Å². The molecule has 0 spiro atoms. The van der Waals surface area contributed by atoms with Crippen LogP contribution in [0.3, 0.4) is 0 Å². The Morgan fingerprint density at radius 3 is 2.72 bits per heavy atom. The third-order valence-electron chi connectivity index (χ3n) is 2.78. The number of benzene rings is 1. The first-order valence-electron chi connectivity index (χ1n) is 5.86. The van der Waals surface area contributed by atoms with Crippen molar-refractivity contribution in [1.29, 1.82) is 0 Å². The van der Waals surface area contributed by atoms with Gasteiger partial charge in [0.25, 0.3) is 0 Å². The Morgan fingerprint density at radius 1 is 1.39 bits per heavy atom. The Kier molecular flexibility index (Phi) is 3.62. The second-order valence-corrected chi connectivity index (χ2v) is 4.33. The van der Waals surface area contributed by atoms with Crippen LogP contribution in [-0.2, 0) is 6.54 Å². The fourth-order valence-electron chi connectivity index (χ4n) is 1.70. The summed E-state index contributed by atoms with van der Waals surface area (Å²) in [6.07, 6.45) is 0. The molecule has 0 saturated heterocycles. The first kappa shape index (κ1) is 12.6. The molecule has 1 aromatic heterocycles. The molecule has 0 unspecified atom stereocenters. The Labute approximate surface area is 106 Å². The normalized spacial score (nSPS) is 10.9. The van der Waals surface area contributed by atoms with Gasteiger partial charge in [-0.1, -0.05) is 25.1 Å². The van der Waals surface area contributed by atoms with Crippen LogP contribution in [0.4, 0.5) is 0 Å². The molecule has 1 aromatic carbocycles. The van der Waals surface area contributed by atoms with E-state index in [4.69, 9.17) is 15.0 Å². The van der Waals surface area contributed by atoms with E-state index in [2.05, 4.69) is 24.0 Å². The predicted octanol–water partition coefficient (Wildman–Crippen LogP) is 2.33. The summed E-state index contributed by atoms with van der Waals surface area (Å²) in [5.74, 6) is 2.10. The lowest BCUT2D eigenvalue weighted by Gasteiger charge is -2.10. The van der Waals surface area contributed by atoms with E-state index in [0.29, 0.717) is 17.6 Å². The minimum atomic E-state index is 0.236. The van der Waals surface area contributed by atoms with E-state index in [0.717, 1.165) is 11.3 Å². The molecule has 0 aliphatic carbocycles. The lowest BCUT2D eigenvalue weighted by atomic mass is 10.0. The number of aromatic nitrogens is 2. The summed E-state index contributed by atoms with van der Waals surface area (Å²) in [4.78, 5) is 4.20. The SMILES string of the molecule is COc1cc(C(C)C)ccc1-c1noc(CN)n1. The Morgan fingerprint density at radius 2 is 2.17 bits per heavy atom. The maximum Gasteiger partial charge on any atom is 0.240 e. The van der Waals surface area contributed by atoms with Gasteiger partial charge in [-0.2, -0.15) is 4.98 Å². The standard InChI is InChI=1S/C13H17N3O2/c1-8(2)9-4-5-10(11(6-9)17-3)13-15-12(7-14)18-16-13/h4-6,8H,7,14H2,1-3H3. The Bertz CT molecular complexity index is 535. The maximum atomic E-state index is 5.45. The molecule has 0 aliphatic rings. The first-order valence-corrected chi connectivity index (χ1v) is 5.86. The molecule has 2 aromatic rings. The molecule has 18 heavy (non-hydrogen) atoms. The average Bonchev–Trinajstić information content (AvgIpc) is 2.86. The van der Waals surface area contributed by atoms with Gasteiger partial charge < -0.3 is 15.0 Å². The summed E-state index contributed by atoms with van der Waals surface area (Å²) in [6.45, 7) is 4.50. The molecule has 2 rings (SSSR count). The molecule has 0 bridgehead atoms. The third kappa shape index (κ3) is 2.36. The van der Waals surface area contributed by atoms with Crippen LogP contribution in [-0.4, -0.2) is 17.3 Å². The smallest absolute Gasteiger partial charge is 0.240 e. The molecule has 96 valence electrons. The molecular formula is C13H17N3O2. The van der Waals surface area contributed by atoms with Gasteiger partial charge in [0.1, 0.15) is 5.75 Å². The monoisotopic (exact) mass is 247 g/mol. The molecule has 0 amide bonds. The lowest BCUT2D eigenvalue weighted by Crippen LogP contribution is -1.96. The van der Waals surface area contributed by atoms with Crippen LogP contribution in [0.5, 0.6) is 5.75 Å². The van der Waals surface area contributed by atoms with Crippen molar-refractivity contribution in [2.24, 2.45) is 5.73 Å². The van der Waals surface area contributed by atoms with E-state index in [1.165, 1.54) is 5.56 Å². The highest BCUT2D eigenvalue weighted by Gasteiger charge is 2.14. The van der Waals surface area contributed by atoms with Crippen molar-refractivity contribution in [3.8, 4) is 17.1 Å². The number of ether oxygens (including phenoxy) is 1. The van der Waals surface area contributed by atoms with E-state index >= 15 is 0 Å². The Balaban J connectivity index is 2.44. The van der Waals surface area contributed by atoms with Crippen LogP contribution in [0.1, 0.15) is 31.2 Å². The van der Waals surface area contributed by atoms with Crippen LogP contribution in [0.2, 0.25) is 0 Å². The molecule has 2 N–H and O–H groups in total. The number of nitrogens with two attached hydrogens (primary N) is 1. The zero-order valence-electron chi connectivity index (χ0n) is 10.8. The molecule has 0 radical (unpaired) electrons. The lowest BCUT2D eigenvalue weighted by molar-refractivity contribution is 0.380. The first-order chi connectivity index (χ1) is 8.65. The summed E-state index contributed by atoms with van der Waals surface area (Å²) in [7, 11) is 1.63. The number of hydrogen-bond acceptors (Lipinski definition) is 5. The van der Waals surface area contributed by atoms with Gasteiger partial charge in [0, 0.05) is 0 Å². The van der Waals surface area contributed by atoms with E-state index in [1.807, 2.05) is 18.2 Å². The minimum absolute atomic E-state index is 0.236. The van der Waals surface area contributed by atoms with Crippen molar-refractivity contribution in [3.05, 3.63) is 29.7 Å². The Hall–Kier alpha value is -1.88. The highest BCUT2D eigenvalue weighted by atomic mass is 16.5. The summed E-state index contributed by atoms with van der Waals surface area (Å²) in [5.41, 5.74) is 7.47. The zero-order chi connectivity index (χ0) is 13.1. The largest absolute Gasteiger partial charge is 0.496 e. The third-order valence-corrected chi connectivity index (χ3v) is 2.78. The van der Waals surface area contributed by atoms with Gasteiger partial charge in [-0.05, 0) is 23.6 Å². The van der Waals surface area contributed by atoms with Crippen LogP contribution >= 0.6 is 0 Å². The highest BCUT2D eigenvalue weighted by Crippen LogP contribution is 2.31. The second kappa shape index (κ2) is 5.18. The van der Waals surface area contributed by atoms with Crippen molar-refractivity contribution < 1.29 is 9.26 Å². The van der Waals surface area contributed by atoms with Crippen LogP contribution in [0.15, 0.2) is 22.7 Å². The van der Waals surface area contributed by atoms with E-state index < -0.39 is 0 Å². The molecule has 1 heterocycles. The quantitative estimate of drug-likeness (QED) is 0.897. The van der Waals surface area contributed by atoms with Gasteiger partial charge in [0.2, 0.25) is 11.7 Å². The minimum Gasteiger partial charge on any atom is -0.496 e. The summed E-state index contributed by atoms with van der Waals surface area (Å²) >= 11 is 0. The molecule has 5 heteroatoms. The van der Waals surface area contributed by atoms with Crippen LogP contribution in [0, 0.1) is 0 Å². The average molecular weight is 247 g/mol. The van der Waals surface area contributed by atoms with Crippen LogP contribution in [0.25, 0.3) is 11.4 Å². The predicted molar refractivity (Wildman–Crippen MR) is 68.3 cm³/mol. The summed E-state index contributed by atoms with van der Waals surface area (Å²) in [5, 5.41) is 3.89. The second-order valence-electron chi connectivity index (χ2n) is 4.33. The van der Waals surface area contributed by atoms with Crippen molar-refractivity contribution in [2.45, 2.75) is 26.3 Å². The number of methoxy groups -OCH3 is 1. The van der Waals surface area contributed by atoms with Crippen LogP contribution < -0.4 is 10.5 Å². The van der Waals surface area contributed by atoms with Gasteiger partial charge in [0.15, 0.2) is 0 Å². The van der Waals surface area contributed by atoms with Crippen molar-refractivity contribution in [3.63, 3.8) is 0 Å². The molecule has 0 fully saturated rings. The molecular weight excluding hydrogens is 230 g/mol. The number of hydrogen-bond donors (Lipinski definition) is 1. The van der Waals surface area contributed by atoms with Gasteiger partial charge in [-0.25, -0.2) is 0 Å². The molecule has 0 atom stereocenters. The highest BCUT2D eigenvalue weighted by molar-refractivity contribution is 5.64. The summed E-state index contributed by atoms with van der Waals surface area (Å²) in [6, 6.07) is 5.98. The van der Waals surface area contributed by atoms with Gasteiger partial charge in [-0.15, -0.1) is 0 Å². The van der Waals surface area contributed by atoms with Gasteiger partial charge in [-0.3, -0.25) is 0 Å². The maximum absolute atomic E-state index is 5.45. The fourth-order valence-corrected chi connectivity index (χ4v) is 1.70. The molecule has 5 nitrogen and oxygen atoms in total. The van der Waals surface area contributed by atoms with Gasteiger partial charge in [0.05, 0.1) is 19.2 Å². The fraction of sp³-hybridized carbons (Fsp3) is 0.385. The van der Waals surface area contributed by atoms with Crippen molar-refractivity contribution in [1.82, 2.24) is 10.1 Å². The zero-order valence-corrected chi connectivity index (χ0v) is 10.8.